The van der Waals surface area contributed by atoms with Crippen LogP contribution < -0.4 is 4.74 Å². The van der Waals surface area contributed by atoms with E-state index in [4.69, 9.17) is 14.2 Å². The summed E-state index contributed by atoms with van der Waals surface area (Å²) in [6.45, 7) is 3.79. The maximum atomic E-state index is 15.2. The highest BCUT2D eigenvalue weighted by Crippen LogP contribution is 2.39. The van der Waals surface area contributed by atoms with Gasteiger partial charge >= 0.3 is 6.11 Å². The molecule has 0 bridgehead atoms. The molecule has 0 aliphatic carbocycles. The fraction of sp³-hybridized carbons (Fsp3) is 0.273. The zero-order valence-corrected chi connectivity index (χ0v) is 24.0. The molecule has 4 nitrogen and oxygen atoms in total. The van der Waals surface area contributed by atoms with Crippen LogP contribution in [0.3, 0.4) is 0 Å². The molecule has 1 aliphatic rings. The van der Waals surface area contributed by atoms with Gasteiger partial charge in [-0.1, -0.05) is 31.2 Å². The van der Waals surface area contributed by atoms with Crippen molar-refractivity contribution in [3.8, 4) is 28.0 Å². The summed E-state index contributed by atoms with van der Waals surface area (Å²) >= 11 is 0. The Bertz CT molecular complexity index is 1680. The second kappa shape index (κ2) is 13.7. The van der Waals surface area contributed by atoms with E-state index in [9.17, 15) is 30.7 Å². The third-order valence-electron chi connectivity index (χ3n) is 7.06. The second-order valence-electron chi connectivity index (χ2n) is 10.5. The highest BCUT2D eigenvalue weighted by molar-refractivity contribution is 5.72. The second-order valence-corrected chi connectivity index (χ2v) is 10.5. The first-order chi connectivity index (χ1) is 21.9. The third-order valence-corrected chi connectivity index (χ3v) is 7.06. The molecule has 0 unspecified atom stereocenters. The minimum atomic E-state index is -4.81. The van der Waals surface area contributed by atoms with E-state index in [0.717, 1.165) is 18.6 Å². The monoisotopic (exact) mass is 656 g/mol. The van der Waals surface area contributed by atoms with Crippen molar-refractivity contribution in [3.05, 3.63) is 113 Å². The first-order valence-electron chi connectivity index (χ1n) is 14.0. The van der Waals surface area contributed by atoms with Gasteiger partial charge in [0.05, 0.1) is 19.8 Å². The molecule has 1 aliphatic heterocycles. The molecular formula is C33H25F9O4. The molecule has 46 heavy (non-hydrogen) atoms. The molecule has 4 aromatic carbocycles. The fourth-order valence-electron chi connectivity index (χ4n) is 4.85. The molecule has 5 rings (SSSR count). The van der Waals surface area contributed by atoms with Gasteiger partial charge in [0.2, 0.25) is 0 Å². The summed E-state index contributed by atoms with van der Waals surface area (Å²) in [7, 11) is 0. The van der Waals surface area contributed by atoms with E-state index in [1.165, 1.54) is 18.2 Å². The first-order valence-corrected chi connectivity index (χ1v) is 14.0. The molecule has 13 heteroatoms. The van der Waals surface area contributed by atoms with E-state index in [-0.39, 0.29) is 29.2 Å². The van der Waals surface area contributed by atoms with Gasteiger partial charge in [-0.15, -0.1) is 0 Å². The molecule has 0 amide bonds. The Morgan fingerprint density at radius 1 is 0.696 bits per heavy atom. The Morgan fingerprint density at radius 2 is 1.26 bits per heavy atom. The molecule has 4 aromatic rings. The van der Waals surface area contributed by atoms with Gasteiger partial charge in [0.25, 0.3) is 0 Å². The van der Waals surface area contributed by atoms with Crippen LogP contribution in [-0.4, -0.2) is 26.4 Å². The lowest BCUT2D eigenvalue weighted by atomic mass is 9.97. The zero-order valence-electron chi connectivity index (χ0n) is 24.0. The highest BCUT2D eigenvalue weighted by atomic mass is 19.3. The van der Waals surface area contributed by atoms with E-state index in [2.05, 4.69) is 4.74 Å². The van der Waals surface area contributed by atoms with Gasteiger partial charge in [-0.05, 0) is 41.8 Å². The standard InChI is InChI=1S/C33H25F9O4/c1-2-7-43-14-17-15-44-32(45-16-17)19-4-6-22(25(35)9-19)18-3-5-23(24(34)8-18)20-10-26(36)30(27(37)11-20)33(41,42)46-21-12-28(38)31(40)29(39)13-21/h3-6,8-13,17,32H,2,7,14-16H2,1H3. The summed E-state index contributed by atoms with van der Waals surface area (Å²) in [5, 5.41) is 0. The predicted octanol–water partition coefficient (Wildman–Crippen LogP) is 9.21. The van der Waals surface area contributed by atoms with Crippen molar-refractivity contribution in [1.29, 1.82) is 0 Å². The van der Waals surface area contributed by atoms with Crippen molar-refractivity contribution in [3.63, 3.8) is 0 Å². The SMILES string of the molecule is CCCOCC1COC(c2ccc(-c3ccc(-c4cc(F)c(C(F)(F)Oc5cc(F)c(F)c(F)c5)c(F)c4)c(F)c3)c(F)c2)OC1. The third kappa shape index (κ3) is 7.16. The Labute approximate surface area is 257 Å². The fourth-order valence-corrected chi connectivity index (χ4v) is 4.85. The summed E-state index contributed by atoms with van der Waals surface area (Å²) in [6.07, 6.45) is -4.74. The Morgan fingerprint density at radius 3 is 1.85 bits per heavy atom. The van der Waals surface area contributed by atoms with Crippen LogP contribution in [0.2, 0.25) is 0 Å². The van der Waals surface area contributed by atoms with Gasteiger partial charge in [-0.25, -0.2) is 30.7 Å². The van der Waals surface area contributed by atoms with E-state index in [1.54, 1.807) is 6.07 Å². The summed E-state index contributed by atoms with van der Waals surface area (Å²) in [4.78, 5) is 0. The van der Waals surface area contributed by atoms with Gasteiger partial charge < -0.3 is 18.9 Å². The summed E-state index contributed by atoms with van der Waals surface area (Å²) in [5.74, 6) is -12.4. The first kappa shape index (κ1) is 33.3. The van der Waals surface area contributed by atoms with Crippen molar-refractivity contribution >= 4 is 0 Å². The molecule has 0 radical (unpaired) electrons. The molecule has 1 saturated heterocycles. The van der Waals surface area contributed by atoms with E-state index in [0.29, 0.717) is 44.1 Å². The number of halogens is 9. The number of alkyl halides is 2. The van der Waals surface area contributed by atoms with Crippen LogP contribution in [-0.2, 0) is 20.3 Å². The quantitative estimate of drug-likeness (QED) is 0.0970. The molecule has 0 aromatic heterocycles. The molecular weight excluding hydrogens is 631 g/mol. The molecule has 0 atom stereocenters. The largest absolute Gasteiger partial charge is 0.432 e. The van der Waals surface area contributed by atoms with Gasteiger partial charge in [0, 0.05) is 41.3 Å². The van der Waals surface area contributed by atoms with Crippen molar-refractivity contribution in [2.75, 3.05) is 26.4 Å². The van der Waals surface area contributed by atoms with Crippen LogP contribution in [0, 0.1) is 46.6 Å². The molecule has 244 valence electrons. The van der Waals surface area contributed by atoms with Crippen LogP contribution >= 0.6 is 0 Å². The summed E-state index contributed by atoms with van der Waals surface area (Å²) in [6, 6.07) is 8.31. The topological polar surface area (TPSA) is 36.9 Å². The van der Waals surface area contributed by atoms with E-state index < -0.39 is 75.6 Å². The van der Waals surface area contributed by atoms with Gasteiger partial charge in [0.1, 0.15) is 34.6 Å². The van der Waals surface area contributed by atoms with Crippen LogP contribution in [0.25, 0.3) is 22.3 Å². The normalized spacial score (nSPS) is 16.9. The molecule has 1 fully saturated rings. The maximum Gasteiger partial charge on any atom is 0.432 e. The molecule has 1 heterocycles. The molecule has 0 spiro atoms. The Balaban J connectivity index is 1.32. The minimum Gasteiger partial charge on any atom is -0.429 e. The van der Waals surface area contributed by atoms with Crippen molar-refractivity contribution in [1.82, 2.24) is 0 Å². The van der Waals surface area contributed by atoms with Crippen molar-refractivity contribution < 1.29 is 58.5 Å². The number of ether oxygens (including phenoxy) is 4. The lowest BCUT2D eigenvalue weighted by Crippen LogP contribution is -2.30. The van der Waals surface area contributed by atoms with Gasteiger partial charge in [0.15, 0.2) is 23.7 Å². The molecule has 0 N–H and O–H groups in total. The maximum absolute atomic E-state index is 15.2. The highest BCUT2D eigenvalue weighted by Gasteiger charge is 2.41. The van der Waals surface area contributed by atoms with Crippen LogP contribution in [0.4, 0.5) is 39.5 Å². The lowest BCUT2D eigenvalue weighted by molar-refractivity contribution is -0.212. The molecule has 0 saturated carbocycles. The van der Waals surface area contributed by atoms with E-state index in [1.807, 2.05) is 6.92 Å². The van der Waals surface area contributed by atoms with E-state index >= 15 is 8.78 Å². The summed E-state index contributed by atoms with van der Waals surface area (Å²) < 4.78 is 150. The number of benzene rings is 4. The lowest BCUT2D eigenvalue weighted by Gasteiger charge is -2.29. The minimum absolute atomic E-state index is 0.00554. The Hall–Kier alpha value is -4.07. The van der Waals surface area contributed by atoms with Gasteiger partial charge in [-0.3, -0.25) is 0 Å². The average molecular weight is 657 g/mol. The van der Waals surface area contributed by atoms with Crippen LogP contribution in [0.15, 0.2) is 60.7 Å². The van der Waals surface area contributed by atoms with Crippen molar-refractivity contribution in [2.45, 2.75) is 25.7 Å². The number of hydrogen-bond donors (Lipinski definition) is 0. The zero-order chi connectivity index (χ0) is 33.2. The smallest absolute Gasteiger partial charge is 0.429 e. The van der Waals surface area contributed by atoms with Crippen molar-refractivity contribution in [2.24, 2.45) is 5.92 Å². The average Bonchev–Trinajstić information content (AvgIpc) is 2.99. The van der Waals surface area contributed by atoms with Crippen LogP contribution in [0.5, 0.6) is 5.75 Å². The Kier molecular flexibility index (Phi) is 9.94. The van der Waals surface area contributed by atoms with Gasteiger partial charge in [-0.2, -0.15) is 8.78 Å². The summed E-state index contributed by atoms with van der Waals surface area (Å²) in [5.41, 5.74) is -2.37. The number of hydrogen-bond acceptors (Lipinski definition) is 4. The number of rotatable bonds is 10. The van der Waals surface area contributed by atoms with Crippen LogP contribution in [0.1, 0.15) is 30.8 Å². The predicted molar refractivity (Wildman–Crippen MR) is 147 cm³/mol.